The van der Waals surface area contributed by atoms with Crippen LogP contribution >= 0.6 is 34.3 Å². The lowest BCUT2D eigenvalue weighted by Gasteiger charge is -2.35. The second kappa shape index (κ2) is 11.5. The average molecular weight is 593 g/mol. The molecule has 1 aliphatic carbocycles. The molecule has 39 heavy (non-hydrogen) atoms. The lowest BCUT2D eigenvalue weighted by Crippen LogP contribution is -2.38. The number of aliphatic imine (C=N–C) groups is 1. The van der Waals surface area contributed by atoms with E-state index in [4.69, 9.17) is 21.3 Å². The largest absolute Gasteiger partial charge is 0.476 e. The maximum absolute atomic E-state index is 14.5. The van der Waals surface area contributed by atoms with Gasteiger partial charge in [0.1, 0.15) is 6.04 Å². The van der Waals surface area contributed by atoms with Crippen molar-refractivity contribution in [2.24, 2.45) is 10.9 Å². The SMILES string of the molecule is CCOC(=O)C1=C([C@H]2CC[C@H](c3nc(C(=O)O)cs3)CC2)NC(c2nccs2)=NC1c1ccc(F)c(F)c1Cl. The van der Waals surface area contributed by atoms with E-state index in [0.29, 0.717) is 29.4 Å². The fourth-order valence-electron chi connectivity index (χ4n) is 4.95. The van der Waals surface area contributed by atoms with Gasteiger partial charge in [-0.1, -0.05) is 17.7 Å². The summed E-state index contributed by atoms with van der Waals surface area (Å²) in [5.41, 5.74) is 0.956. The number of ether oxygens (including phenoxy) is 1. The summed E-state index contributed by atoms with van der Waals surface area (Å²) in [5, 5.41) is 16.8. The molecular weight excluding hydrogens is 570 g/mol. The van der Waals surface area contributed by atoms with Crippen LogP contribution in [0.4, 0.5) is 8.78 Å². The monoisotopic (exact) mass is 592 g/mol. The number of halogens is 3. The zero-order valence-corrected chi connectivity index (χ0v) is 23.0. The highest BCUT2D eigenvalue weighted by atomic mass is 35.5. The first-order valence-electron chi connectivity index (χ1n) is 12.3. The van der Waals surface area contributed by atoms with Crippen LogP contribution in [-0.4, -0.2) is 39.5 Å². The fraction of sp³-hybridized carbons (Fsp3) is 0.346. The molecule has 1 saturated carbocycles. The molecule has 1 unspecified atom stereocenters. The molecule has 0 spiro atoms. The van der Waals surface area contributed by atoms with E-state index in [1.165, 1.54) is 28.7 Å². The van der Waals surface area contributed by atoms with Crippen LogP contribution in [0, 0.1) is 17.6 Å². The summed E-state index contributed by atoms with van der Waals surface area (Å²) in [5.74, 6) is -3.62. The average Bonchev–Trinajstić information content (AvgIpc) is 3.65. The molecule has 3 heterocycles. The van der Waals surface area contributed by atoms with Crippen molar-refractivity contribution in [1.82, 2.24) is 15.3 Å². The quantitative estimate of drug-likeness (QED) is 0.251. The van der Waals surface area contributed by atoms with Crippen molar-refractivity contribution in [3.63, 3.8) is 0 Å². The molecule has 0 saturated heterocycles. The molecule has 1 aromatic carbocycles. The van der Waals surface area contributed by atoms with E-state index in [1.54, 1.807) is 23.9 Å². The summed E-state index contributed by atoms with van der Waals surface area (Å²) in [4.78, 5) is 37.9. The Labute approximate surface area is 235 Å². The van der Waals surface area contributed by atoms with E-state index in [-0.39, 0.29) is 35.3 Å². The maximum Gasteiger partial charge on any atom is 0.355 e. The third-order valence-electron chi connectivity index (χ3n) is 6.79. The highest BCUT2D eigenvalue weighted by Crippen LogP contribution is 2.44. The third-order valence-corrected chi connectivity index (χ3v) is 8.96. The Morgan fingerprint density at radius 1 is 1.18 bits per heavy atom. The number of aromatic nitrogens is 2. The second-order valence-electron chi connectivity index (χ2n) is 9.08. The normalized spacial score (nSPS) is 21.3. The summed E-state index contributed by atoms with van der Waals surface area (Å²) < 4.78 is 33.9. The summed E-state index contributed by atoms with van der Waals surface area (Å²) in [6.45, 7) is 1.79. The molecule has 2 N–H and O–H groups in total. The lowest BCUT2D eigenvalue weighted by molar-refractivity contribution is -0.139. The van der Waals surface area contributed by atoms with Gasteiger partial charge < -0.3 is 15.2 Å². The Bertz CT molecular complexity index is 1470. The Hall–Kier alpha value is -3.22. The first-order valence-corrected chi connectivity index (χ1v) is 14.4. The maximum atomic E-state index is 14.5. The highest BCUT2D eigenvalue weighted by Gasteiger charge is 2.39. The molecule has 3 aromatic rings. The van der Waals surface area contributed by atoms with Crippen molar-refractivity contribution in [3.05, 3.63) is 78.3 Å². The number of hydrogen-bond acceptors (Lipinski definition) is 9. The number of carboxylic acid groups (broad SMARTS) is 1. The minimum atomic E-state index is -1.21. The van der Waals surface area contributed by atoms with Crippen LogP contribution in [0.3, 0.4) is 0 Å². The molecule has 0 bridgehead atoms. The minimum absolute atomic E-state index is 0.0360. The summed E-state index contributed by atoms with van der Waals surface area (Å²) in [6.07, 6.45) is 4.40. The molecule has 204 valence electrons. The molecular formula is C26H23ClF2N4O4S2. The number of thiazole rings is 2. The van der Waals surface area contributed by atoms with Gasteiger partial charge >= 0.3 is 11.9 Å². The zero-order valence-electron chi connectivity index (χ0n) is 20.6. The van der Waals surface area contributed by atoms with Crippen LogP contribution in [-0.2, 0) is 9.53 Å². The molecule has 13 heteroatoms. The van der Waals surface area contributed by atoms with E-state index in [9.17, 15) is 23.5 Å². The number of hydrogen-bond donors (Lipinski definition) is 2. The van der Waals surface area contributed by atoms with Gasteiger partial charge in [0.05, 0.1) is 22.2 Å². The van der Waals surface area contributed by atoms with Gasteiger partial charge in [0.2, 0.25) is 0 Å². The number of nitrogens with zero attached hydrogens (tertiary/aromatic N) is 3. The van der Waals surface area contributed by atoms with Crippen molar-refractivity contribution < 1.29 is 28.2 Å². The lowest BCUT2D eigenvalue weighted by atomic mass is 9.78. The first-order chi connectivity index (χ1) is 18.8. The van der Waals surface area contributed by atoms with Crippen LogP contribution in [0.25, 0.3) is 0 Å². The predicted octanol–water partition coefficient (Wildman–Crippen LogP) is 6.11. The predicted molar refractivity (Wildman–Crippen MR) is 143 cm³/mol. The van der Waals surface area contributed by atoms with Crippen LogP contribution in [0.15, 0.2) is 45.4 Å². The number of esters is 1. The van der Waals surface area contributed by atoms with E-state index in [1.807, 2.05) is 0 Å². The Balaban J connectivity index is 1.54. The van der Waals surface area contributed by atoms with Crippen molar-refractivity contribution in [3.8, 4) is 0 Å². The summed E-state index contributed by atoms with van der Waals surface area (Å²) in [6, 6.07) is 1.25. The molecule has 2 aromatic heterocycles. The van der Waals surface area contributed by atoms with Gasteiger partial charge in [-0.25, -0.2) is 28.3 Å². The van der Waals surface area contributed by atoms with Crippen LogP contribution < -0.4 is 5.32 Å². The topological polar surface area (TPSA) is 114 Å². The molecule has 2 aliphatic rings. The number of aromatic carboxylic acids is 1. The van der Waals surface area contributed by atoms with E-state index in [0.717, 1.165) is 23.9 Å². The molecule has 0 amide bonds. The van der Waals surface area contributed by atoms with E-state index < -0.39 is 34.6 Å². The standard InChI is InChI=1S/C26H23ClF2N4O4S2/c1-2-37-26(36)17-20(12-3-5-13(6-4-12)23-31-16(11-39-23)25(34)35)32-22(24-30-9-10-38-24)33-21(17)14-7-8-15(28)19(29)18(14)27/h7-13,21H,2-6H2,1H3,(H,32,33)(H,34,35)/t12-,13-,21?. The Morgan fingerprint density at radius 2 is 1.92 bits per heavy atom. The van der Waals surface area contributed by atoms with Gasteiger partial charge in [-0.2, -0.15) is 0 Å². The van der Waals surface area contributed by atoms with E-state index in [2.05, 4.69) is 15.3 Å². The number of amidine groups is 1. The number of carbonyl (C=O) groups is 2. The molecule has 0 radical (unpaired) electrons. The number of benzene rings is 1. The summed E-state index contributed by atoms with van der Waals surface area (Å²) >= 11 is 8.93. The Morgan fingerprint density at radius 3 is 2.56 bits per heavy atom. The highest BCUT2D eigenvalue weighted by molar-refractivity contribution is 7.11. The van der Waals surface area contributed by atoms with Crippen LogP contribution in [0.5, 0.6) is 0 Å². The fourth-order valence-corrected chi connectivity index (χ4v) is 6.76. The van der Waals surface area contributed by atoms with Gasteiger partial charge in [-0.05, 0) is 44.6 Å². The number of carbonyl (C=O) groups excluding carboxylic acids is 1. The molecule has 1 fully saturated rings. The van der Waals surface area contributed by atoms with Gasteiger partial charge in [0, 0.05) is 34.1 Å². The number of carboxylic acids is 1. The van der Waals surface area contributed by atoms with Gasteiger partial charge in [0.15, 0.2) is 28.2 Å². The van der Waals surface area contributed by atoms with Gasteiger partial charge in [-0.3, -0.25) is 4.99 Å². The van der Waals surface area contributed by atoms with Gasteiger partial charge in [0.25, 0.3) is 0 Å². The summed E-state index contributed by atoms with van der Waals surface area (Å²) in [7, 11) is 0. The zero-order chi connectivity index (χ0) is 27.7. The van der Waals surface area contributed by atoms with Gasteiger partial charge in [-0.15, -0.1) is 22.7 Å². The number of rotatable bonds is 7. The number of allylic oxidation sites excluding steroid dienone is 1. The smallest absolute Gasteiger partial charge is 0.355 e. The van der Waals surface area contributed by atoms with Crippen LogP contribution in [0.2, 0.25) is 5.02 Å². The van der Waals surface area contributed by atoms with Crippen molar-refractivity contribution >= 4 is 52.0 Å². The van der Waals surface area contributed by atoms with E-state index >= 15 is 0 Å². The van der Waals surface area contributed by atoms with Crippen molar-refractivity contribution in [2.45, 2.75) is 44.6 Å². The second-order valence-corrected chi connectivity index (χ2v) is 11.2. The molecule has 1 atom stereocenters. The number of nitrogens with one attached hydrogen (secondary N) is 1. The van der Waals surface area contributed by atoms with Crippen LogP contribution in [0.1, 0.15) is 70.6 Å². The van der Waals surface area contributed by atoms with Crippen molar-refractivity contribution in [1.29, 1.82) is 0 Å². The Kier molecular flexibility index (Phi) is 8.06. The molecule has 8 nitrogen and oxygen atoms in total. The first kappa shape index (κ1) is 27.4. The molecule has 5 rings (SSSR count). The third kappa shape index (κ3) is 5.45. The minimum Gasteiger partial charge on any atom is -0.476 e. The molecule has 1 aliphatic heterocycles. The van der Waals surface area contributed by atoms with Crippen molar-refractivity contribution in [2.75, 3.05) is 6.61 Å².